The third-order valence-corrected chi connectivity index (χ3v) is 6.43. The van der Waals surface area contributed by atoms with Gasteiger partial charge in [0.25, 0.3) is 0 Å². The molecule has 1 aliphatic carbocycles. The number of piperidine rings is 1. The third-order valence-electron chi connectivity index (χ3n) is 5.69. The van der Waals surface area contributed by atoms with Crippen LogP contribution < -0.4 is 0 Å². The van der Waals surface area contributed by atoms with Gasteiger partial charge in [0.05, 0.1) is 15.6 Å². The van der Waals surface area contributed by atoms with E-state index in [4.69, 9.17) is 23.2 Å². The average Bonchev–Trinajstić information content (AvgIpc) is 2.41. The number of rotatable bonds is 4. The first-order valence-electron chi connectivity index (χ1n) is 8.35. The van der Waals surface area contributed by atoms with Gasteiger partial charge >= 0.3 is 0 Å². The fraction of sp³-hybridized carbons (Fsp3) is 0.667. The molecule has 1 saturated heterocycles. The van der Waals surface area contributed by atoms with Crippen LogP contribution in [0.2, 0.25) is 10.0 Å². The quantitative estimate of drug-likeness (QED) is 0.790. The summed E-state index contributed by atoms with van der Waals surface area (Å²) in [6, 6.07) is 5.85. The molecule has 0 radical (unpaired) electrons. The van der Waals surface area contributed by atoms with Gasteiger partial charge in [-0.2, -0.15) is 0 Å². The van der Waals surface area contributed by atoms with Crippen LogP contribution in [0, 0.1) is 0 Å². The van der Waals surface area contributed by atoms with Gasteiger partial charge in [0.1, 0.15) is 0 Å². The number of hydrogen-bond acceptors (Lipinski definition) is 2. The minimum atomic E-state index is -0.736. The summed E-state index contributed by atoms with van der Waals surface area (Å²) in [6.45, 7) is 4.96. The molecule has 0 amide bonds. The summed E-state index contributed by atoms with van der Waals surface area (Å²) in [4.78, 5) is 2.42. The lowest BCUT2D eigenvalue weighted by Gasteiger charge is -2.54. The number of β-amino-alcohol motifs (C(OH)–C–C–N with tert-alkyl or cyclic N) is 1. The molecular formula is C18H26Cl3NO. The fourth-order valence-electron chi connectivity index (χ4n) is 4.17. The van der Waals surface area contributed by atoms with E-state index in [2.05, 4.69) is 4.90 Å². The Morgan fingerprint density at radius 3 is 2.26 bits per heavy atom. The van der Waals surface area contributed by atoms with Crippen molar-refractivity contribution in [3.8, 4) is 0 Å². The van der Waals surface area contributed by atoms with Gasteiger partial charge < -0.3 is 10.0 Å². The molecule has 0 spiro atoms. The maximum Gasteiger partial charge on any atom is 0.0842 e. The molecule has 1 saturated carbocycles. The number of aliphatic hydroxyl groups is 1. The van der Waals surface area contributed by atoms with Crippen LogP contribution >= 0.6 is 35.6 Å². The first-order chi connectivity index (χ1) is 10.4. The van der Waals surface area contributed by atoms with E-state index in [1.807, 2.05) is 25.1 Å². The molecule has 0 aromatic heterocycles. The first kappa shape index (κ1) is 19.3. The van der Waals surface area contributed by atoms with Crippen molar-refractivity contribution >= 4 is 35.6 Å². The normalized spacial score (nSPS) is 23.5. The van der Waals surface area contributed by atoms with E-state index in [9.17, 15) is 5.11 Å². The van der Waals surface area contributed by atoms with E-state index in [0.29, 0.717) is 10.0 Å². The van der Waals surface area contributed by atoms with Crippen LogP contribution in [-0.2, 0) is 5.41 Å². The second-order valence-electron chi connectivity index (χ2n) is 7.18. The predicted octanol–water partition coefficient (Wildman–Crippen LogP) is 5.07. The fourth-order valence-corrected chi connectivity index (χ4v) is 4.46. The van der Waals surface area contributed by atoms with Crippen LogP contribution in [0.4, 0.5) is 0 Å². The molecule has 1 aliphatic heterocycles. The predicted molar refractivity (Wildman–Crippen MR) is 100 cm³/mol. The second kappa shape index (κ2) is 7.49. The summed E-state index contributed by atoms with van der Waals surface area (Å²) >= 11 is 12.3. The van der Waals surface area contributed by atoms with Crippen molar-refractivity contribution in [3.05, 3.63) is 33.8 Å². The van der Waals surface area contributed by atoms with Crippen LogP contribution in [0.25, 0.3) is 0 Å². The van der Waals surface area contributed by atoms with Gasteiger partial charge in [-0.1, -0.05) is 42.1 Å². The molecule has 2 aliphatic rings. The summed E-state index contributed by atoms with van der Waals surface area (Å²) in [5.41, 5.74) is 0.216. The van der Waals surface area contributed by atoms with Crippen molar-refractivity contribution < 1.29 is 5.11 Å². The lowest BCUT2D eigenvalue weighted by Crippen LogP contribution is -2.59. The standard InChI is InChI=1S/C18H25Cl2NO.ClH/c1-17(22,13-21-10-3-2-4-11-21)18(8-5-9-18)14-6-7-15(19)16(20)12-14;/h6-7,12,22H,2-5,8-11,13H2,1H3;1H. The Labute approximate surface area is 155 Å². The Morgan fingerprint density at radius 1 is 1.09 bits per heavy atom. The summed E-state index contributed by atoms with van der Waals surface area (Å²) in [6.07, 6.45) is 7.01. The van der Waals surface area contributed by atoms with Crippen LogP contribution in [0.3, 0.4) is 0 Å². The molecule has 5 heteroatoms. The van der Waals surface area contributed by atoms with Crippen molar-refractivity contribution in [2.24, 2.45) is 0 Å². The average molecular weight is 379 g/mol. The van der Waals surface area contributed by atoms with Gasteiger partial charge in [-0.05, 0) is 63.4 Å². The van der Waals surface area contributed by atoms with Gasteiger partial charge in [-0.3, -0.25) is 0 Å². The van der Waals surface area contributed by atoms with E-state index in [1.54, 1.807) is 0 Å². The molecule has 3 rings (SSSR count). The molecule has 0 bridgehead atoms. The smallest absolute Gasteiger partial charge is 0.0842 e. The first-order valence-corrected chi connectivity index (χ1v) is 9.10. The molecule has 23 heavy (non-hydrogen) atoms. The highest BCUT2D eigenvalue weighted by Gasteiger charge is 2.52. The zero-order valence-corrected chi connectivity index (χ0v) is 16.0. The van der Waals surface area contributed by atoms with E-state index < -0.39 is 5.60 Å². The number of benzene rings is 1. The highest BCUT2D eigenvalue weighted by molar-refractivity contribution is 6.42. The Balaban J connectivity index is 0.00000192. The topological polar surface area (TPSA) is 23.5 Å². The molecule has 1 aromatic carbocycles. The van der Waals surface area contributed by atoms with Crippen molar-refractivity contribution in [3.63, 3.8) is 0 Å². The minimum Gasteiger partial charge on any atom is -0.388 e. The summed E-state index contributed by atoms with van der Waals surface area (Å²) < 4.78 is 0. The molecule has 1 atom stereocenters. The van der Waals surface area contributed by atoms with Crippen molar-refractivity contribution in [2.45, 2.75) is 56.5 Å². The van der Waals surface area contributed by atoms with Gasteiger partial charge in [-0.25, -0.2) is 0 Å². The van der Waals surface area contributed by atoms with Crippen molar-refractivity contribution in [1.29, 1.82) is 0 Å². The van der Waals surface area contributed by atoms with Crippen LogP contribution in [0.1, 0.15) is 51.0 Å². The summed E-state index contributed by atoms with van der Waals surface area (Å²) in [7, 11) is 0. The van der Waals surface area contributed by atoms with Crippen molar-refractivity contribution in [1.82, 2.24) is 4.90 Å². The minimum absolute atomic E-state index is 0. The van der Waals surface area contributed by atoms with Gasteiger partial charge in [0.15, 0.2) is 0 Å². The van der Waals surface area contributed by atoms with Crippen LogP contribution in [0.5, 0.6) is 0 Å². The lowest BCUT2D eigenvalue weighted by molar-refractivity contribution is -0.0847. The van der Waals surface area contributed by atoms with E-state index in [0.717, 1.165) is 44.5 Å². The second-order valence-corrected chi connectivity index (χ2v) is 7.99. The zero-order chi connectivity index (χ0) is 15.8. The largest absolute Gasteiger partial charge is 0.388 e. The Morgan fingerprint density at radius 2 is 1.74 bits per heavy atom. The number of nitrogens with zero attached hydrogens (tertiary/aromatic N) is 1. The molecule has 2 nitrogen and oxygen atoms in total. The molecule has 130 valence electrons. The van der Waals surface area contributed by atoms with Crippen molar-refractivity contribution in [2.75, 3.05) is 19.6 Å². The Kier molecular flexibility index (Phi) is 6.30. The molecule has 1 aromatic rings. The summed E-state index contributed by atoms with van der Waals surface area (Å²) in [5.74, 6) is 0. The van der Waals surface area contributed by atoms with Crippen LogP contribution in [0.15, 0.2) is 18.2 Å². The molecule has 2 fully saturated rings. The monoisotopic (exact) mass is 377 g/mol. The number of hydrogen-bond donors (Lipinski definition) is 1. The zero-order valence-electron chi connectivity index (χ0n) is 13.7. The lowest BCUT2D eigenvalue weighted by atomic mass is 9.55. The maximum absolute atomic E-state index is 11.3. The number of likely N-dealkylation sites (tertiary alicyclic amines) is 1. The maximum atomic E-state index is 11.3. The highest BCUT2D eigenvalue weighted by Crippen LogP contribution is 2.52. The van der Waals surface area contributed by atoms with E-state index in [1.165, 1.54) is 19.3 Å². The summed E-state index contributed by atoms with van der Waals surface area (Å²) in [5, 5.41) is 12.5. The Bertz CT molecular complexity index is 537. The third kappa shape index (κ3) is 3.67. The van der Waals surface area contributed by atoms with E-state index in [-0.39, 0.29) is 17.8 Å². The number of halogens is 3. The van der Waals surface area contributed by atoms with Gasteiger partial charge in [-0.15, -0.1) is 12.4 Å². The molecule has 1 N–H and O–H groups in total. The highest BCUT2D eigenvalue weighted by atomic mass is 35.5. The van der Waals surface area contributed by atoms with E-state index >= 15 is 0 Å². The molecule has 1 unspecified atom stereocenters. The Hall–Kier alpha value is 0.01000. The SMILES string of the molecule is CC(O)(CN1CCCCC1)C1(c2ccc(Cl)c(Cl)c2)CCC1.Cl. The molecule has 1 heterocycles. The van der Waals surface area contributed by atoms with Crippen LogP contribution in [-0.4, -0.2) is 35.2 Å². The van der Waals surface area contributed by atoms with Gasteiger partial charge in [0.2, 0.25) is 0 Å². The molecular weight excluding hydrogens is 353 g/mol. The van der Waals surface area contributed by atoms with Gasteiger partial charge in [0, 0.05) is 12.0 Å².